The lowest BCUT2D eigenvalue weighted by Crippen LogP contribution is -2.39. The van der Waals surface area contributed by atoms with Gasteiger partial charge in [0.2, 0.25) is 5.91 Å². The summed E-state index contributed by atoms with van der Waals surface area (Å²) in [4.78, 5) is 30.3. The number of nitrogens with zero attached hydrogens (tertiary/aromatic N) is 1. The number of aromatic nitrogens is 1. The van der Waals surface area contributed by atoms with E-state index in [-0.39, 0.29) is 33.8 Å². The zero-order valence-electron chi connectivity index (χ0n) is 15.7. The van der Waals surface area contributed by atoms with Crippen molar-refractivity contribution in [2.45, 2.75) is 13.0 Å². The molecule has 2 N–H and O–H groups in total. The van der Waals surface area contributed by atoms with Crippen molar-refractivity contribution in [2.24, 2.45) is 0 Å². The van der Waals surface area contributed by atoms with Gasteiger partial charge in [-0.2, -0.15) is 0 Å². The molecule has 0 fully saturated rings. The Morgan fingerprint density at radius 2 is 2.10 bits per heavy atom. The number of fused-ring (bicyclic) bond motifs is 2. The van der Waals surface area contributed by atoms with Crippen molar-refractivity contribution >= 4 is 34.1 Å². The highest BCUT2D eigenvalue weighted by Gasteiger charge is 2.24. The summed E-state index contributed by atoms with van der Waals surface area (Å²) in [6, 6.07) is 10.1. The van der Waals surface area contributed by atoms with Crippen molar-refractivity contribution in [3.05, 3.63) is 68.7 Å². The number of methoxy groups -OCH3 is 1. The second-order valence-corrected chi connectivity index (χ2v) is 7.31. The Kier molecular flexibility index (Phi) is 5.25. The van der Waals surface area contributed by atoms with Crippen LogP contribution in [-0.2, 0) is 17.8 Å². The minimum Gasteiger partial charge on any atom is -0.495 e. The first kappa shape index (κ1) is 19.4. The normalized spacial score (nSPS) is 13.9. The third-order valence-electron chi connectivity index (χ3n) is 5.06. The lowest BCUT2D eigenvalue weighted by atomic mass is 10.0. The van der Waals surface area contributed by atoms with Gasteiger partial charge in [0.25, 0.3) is 0 Å². The Labute approximate surface area is 171 Å². The number of para-hydroxylation sites is 2. The van der Waals surface area contributed by atoms with Gasteiger partial charge in [-0.15, -0.1) is 0 Å². The average molecular weight is 416 g/mol. The van der Waals surface area contributed by atoms with Crippen molar-refractivity contribution in [3.63, 3.8) is 0 Å². The molecule has 8 heteroatoms. The molecule has 0 saturated carbocycles. The number of benzene rings is 2. The number of hydrogen-bond donors (Lipinski definition) is 2. The number of ether oxygens (including phenoxy) is 1. The first-order valence-corrected chi connectivity index (χ1v) is 9.52. The van der Waals surface area contributed by atoms with Gasteiger partial charge in [0, 0.05) is 36.2 Å². The second-order valence-electron chi connectivity index (χ2n) is 6.90. The van der Waals surface area contributed by atoms with Gasteiger partial charge in [0.1, 0.15) is 5.75 Å². The molecule has 0 bridgehead atoms. The van der Waals surface area contributed by atoms with Gasteiger partial charge < -0.3 is 15.0 Å². The number of aromatic amines is 1. The fourth-order valence-corrected chi connectivity index (χ4v) is 3.77. The molecule has 4 rings (SSSR count). The van der Waals surface area contributed by atoms with Crippen molar-refractivity contribution in [1.29, 1.82) is 0 Å². The molecule has 0 aliphatic carbocycles. The number of H-pyrrole nitrogens is 1. The number of nitrogens with one attached hydrogen (secondary N) is 2. The monoisotopic (exact) mass is 415 g/mol. The average Bonchev–Trinajstić information content (AvgIpc) is 2.72. The van der Waals surface area contributed by atoms with E-state index in [1.165, 1.54) is 12.1 Å². The van der Waals surface area contributed by atoms with Gasteiger partial charge in [-0.1, -0.05) is 23.7 Å². The van der Waals surface area contributed by atoms with Crippen LogP contribution in [0.5, 0.6) is 5.75 Å². The van der Waals surface area contributed by atoms with E-state index in [9.17, 15) is 14.0 Å². The number of anilines is 1. The van der Waals surface area contributed by atoms with Gasteiger partial charge >= 0.3 is 0 Å². The molecule has 29 heavy (non-hydrogen) atoms. The molecule has 2 heterocycles. The molecule has 2 aromatic carbocycles. The van der Waals surface area contributed by atoms with Crippen LogP contribution in [-0.4, -0.2) is 36.0 Å². The smallest absolute Gasteiger partial charge is 0.238 e. The van der Waals surface area contributed by atoms with Crippen LogP contribution in [0, 0.1) is 5.82 Å². The van der Waals surface area contributed by atoms with Crippen LogP contribution < -0.4 is 15.5 Å². The van der Waals surface area contributed by atoms with Crippen LogP contribution in [0.3, 0.4) is 0 Å². The van der Waals surface area contributed by atoms with Gasteiger partial charge in [-0.05, 0) is 24.3 Å². The summed E-state index contributed by atoms with van der Waals surface area (Å²) in [6.45, 7) is 1.00. The highest BCUT2D eigenvalue weighted by atomic mass is 35.5. The van der Waals surface area contributed by atoms with Crippen molar-refractivity contribution in [1.82, 2.24) is 9.88 Å². The van der Waals surface area contributed by atoms with E-state index in [0.29, 0.717) is 42.2 Å². The van der Waals surface area contributed by atoms with E-state index in [4.69, 9.17) is 16.3 Å². The molecule has 0 radical (unpaired) electrons. The molecule has 0 saturated heterocycles. The summed E-state index contributed by atoms with van der Waals surface area (Å²) < 4.78 is 19.5. The van der Waals surface area contributed by atoms with E-state index in [0.717, 1.165) is 0 Å². The van der Waals surface area contributed by atoms with E-state index < -0.39 is 5.82 Å². The zero-order chi connectivity index (χ0) is 20.5. The first-order valence-electron chi connectivity index (χ1n) is 9.15. The molecule has 1 aliphatic rings. The second kappa shape index (κ2) is 7.85. The number of rotatable bonds is 4. The van der Waals surface area contributed by atoms with E-state index in [1.54, 1.807) is 19.2 Å². The molecule has 0 atom stereocenters. The lowest BCUT2D eigenvalue weighted by molar-refractivity contribution is -0.117. The summed E-state index contributed by atoms with van der Waals surface area (Å²) in [6.07, 6.45) is 0.508. The van der Waals surface area contributed by atoms with Crippen LogP contribution in [0.15, 0.2) is 41.2 Å². The highest BCUT2D eigenvalue weighted by Crippen LogP contribution is 2.25. The molecular weight excluding hydrogens is 397 g/mol. The molecule has 1 aliphatic heterocycles. The maximum atomic E-state index is 14.3. The number of halogens is 2. The molecule has 0 unspecified atom stereocenters. The Bertz CT molecular complexity index is 1160. The number of pyridine rings is 1. The van der Waals surface area contributed by atoms with Crippen LogP contribution in [0.25, 0.3) is 10.9 Å². The van der Waals surface area contributed by atoms with Crippen molar-refractivity contribution in [3.8, 4) is 5.75 Å². The fourth-order valence-electron chi connectivity index (χ4n) is 3.62. The van der Waals surface area contributed by atoms with Crippen LogP contribution >= 0.6 is 11.6 Å². The van der Waals surface area contributed by atoms with E-state index in [1.807, 2.05) is 17.0 Å². The quantitative estimate of drug-likeness (QED) is 0.685. The standard InChI is InChI=1S/C21H19ClFN3O3/c1-29-17-5-3-2-4-16(17)24-18(27)11-26-9-8-15-13(10-26)21(28)12-6-7-14(22)19(23)20(12)25-15/h2-7H,8-11H2,1H3,(H,24,27)(H,25,28). The largest absolute Gasteiger partial charge is 0.495 e. The predicted molar refractivity (Wildman–Crippen MR) is 110 cm³/mol. The Morgan fingerprint density at radius 1 is 1.31 bits per heavy atom. The number of hydrogen-bond acceptors (Lipinski definition) is 4. The van der Waals surface area contributed by atoms with Crippen LogP contribution in [0.4, 0.5) is 10.1 Å². The molecule has 1 aromatic heterocycles. The third-order valence-corrected chi connectivity index (χ3v) is 5.35. The molecule has 1 amide bonds. The number of amides is 1. The van der Waals surface area contributed by atoms with Gasteiger partial charge in [-0.3, -0.25) is 14.5 Å². The topological polar surface area (TPSA) is 74.4 Å². The molecule has 6 nitrogen and oxygen atoms in total. The molecule has 3 aromatic rings. The first-order chi connectivity index (χ1) is 14.0. The van der Waals surface area contributed by atoms with Gasteiger partial charge in [0.15, 0.2) is 11.2 Å². The Hall–Kier alpha value is -2.90. The third kappa shape index (κ3) is 3.71. The minimum atomic E-state index is -0.623. The number of carbonyl (C=O) groups is 1. The van der Waals surface area contributed by atoms with Gasteiger partial charge in [-0.25, -0.2) is 4.39 Å². The lowest BCUT2D eigenvalue weighted by Gasteiger charge is -2.28. The van der Waals surface area contributed by atoms with E-state index >= 15 is 0 Å². The summed E-state index contributed by atoms with van der Waals surface area (Å²) in [5.41, 5.74) is 1.72. The zero-order valence-corrected chi connectivity index (χ0v) is 16.5. The maximum Gasteiger partial charge on any atom is 0.238 e. The molecule has 0 spiro atoms. The number of carbonyl (C=O) groups excluding carboxylic acids is 1. The van der Waals surface area contributed by atoms with Crippen molar-refractivity contribution in [2.75, 3.05) is 25.5 Å². The SMILES string of the molecule is COc1ccccc1NC(=O)CN1CCc2[nH]c3c(F)c(Cl)ccc3c(=O)c2C1. The van der Waals surface area contributed by atoms with E-state index in [2.05, 4.69) is 10.3 Å². The maximum absolute atomic E-state index is 14.3. The summed E-state index contributed by atoms with van der Waals surface area (Å²) in [5.74, 6) is -0.246. The predicted octanol–water partition coefficient (Wildman–Crippen LogP) is 3.33. The molecular formula is C21H19ClFN3O3. The Balaban J connectivity index is 1.54. The highest BCUT2D eigenvalue weighted by molar-refractivity contribution is 6.31. The summed E-state index contributed by atoms with van der Waals surface area (Å²) >= 11 is 5.83. The minimum absolute atomic E-state index is 0.0291. The summed E-state index contributed by atoms with van der Waals surface area (Å²) in [7, 11) is 1.54. The fraction of sp³-hybridized carbons (Fsp3) is 0.238. The summed E-state index contributed by atoms with van der Waals surface area (Å²) in [5, 5.41) is 3.06. The molecule has 150 valence electrons. The van der Waals surface area contributed by atoms with Gasteiger partial charge in [0.05, 0.1) is 29.9 Å². The van der Waals surface area contributed by atoms with Crippen molar-refractivity contribution < 1.29 is 13.9 Å². The van der Waals surface area contributed by atoms with Crippen LogP contribution in [0.2, 0.25) is 5.02 Å². The van der Waals surface area contributed by atoms with Crippen LogP contribution in [0.1, 0.15) is 11.3 Å². The Morgan fingerprint density at radius 3 is 2.90 bits per heavy atom.